The van der Waals surface area contributed by atoms with Gasteiger partial charge in [0.1, 0.15) is 0 Å². The van der Waals surface area contributed by atoms with Crippen LogP contribution in [0.4, 0.5) is 0 Å². The summed E-state index contributed by atoms with van der Waals surface area (Å²) in [4.78, 5) is 15.3. The van der Waals surface area contributed by atoms with E-state index in [0.29, 0.717) is 17.5 Å². The number of aromatic nitrogens is 3. The average Bonchev–Trinajstić information content (AvgIpc) is 3.63. The van der Waals surface area contributed by atoms with Crippen molar-refractivity contribution in [1.29, 1.82) is 0 Å². The van der Waals surface area contributed by atoms with Crippen LogP contribution in [-0.2, 0) is 5.41 Å². The molecule has 0 fully saturated rings. The first kappa shape index (κ1) is 27.4. The molecule has 4 heteroatoms. The van der Waals surface area contributed by atoms with Crippen molar-refractivity contribution in [2.75, 3.05) is 0 Å². The van der Waals surface area contributed by atoms with Gasteiger partial charge < -0.3 is 0 Å². The van der Waals surface area contributed by atoms with Crippen LogP contribution in [0.15, 0.2) is 140 Å². The van der Waals surface area contributed by atoms with Crippen molar-refractivity contribution in [2.24, 2.45) is 0 Å². The maximum atomic E-state index is 5.16. The van der Waals surface area contributed by atoms with Crippen molar-refractivity contribution < 1.29 is 0 Å². The molecule has 0 atom stereocenters. The third-order valence-corrected chi connectivity index (χ3v) is 11.3. The summed E-state index contributed by atoms with van der Waals surface area (Å²) in [6, 6.07) is 50.0. The molecule has 0 aliphatic heterocycles. The number of hydrogen-bond donors (Lipinski definition) is 0. The van der Waals surface area contributed by atoms with Crippen LogP contribution in [0, 0.1) is 0 Å². The lowest BCUT2D eigenvalue weighted by atomic mass is 9.82. The Morgan fingerprint density at radius 2 is 1.08 bits per heavy atom. The number of fused-ring (bicyclic) bond motifs is 10. The SMILES string of the molecule is CC1(C)c2ccccc2-c2ccc(-c3nc(-c4ccccc4)nc(-c4ccc5c(c4)sc4c5ccc5ccc6ccccc6c54)n3)cc21. The normalized spacial score (nSPS) is 13.4. The van der Waals surface area contributed by atoms with E-state index in [-0.39, 0.29) is 5.41 Å². The lowest BCUT2D eigenvalue weighted by Crippen LogP contribution is -2.15. The van der Waals surface area contributed by atoms with Crippen LogP contribution in [-0.4, -0.2) is 15.0 Å². The molecule has 48 heavy (non-hydrogen) atoms. The molecule has 9 aromatic rings. The van der Waals surface area contributed by atoms with Gasteiger partial charge in [-0.1, -0.05) is 141 Å². The van der Waals surface area contributed by atoms with E-state index >= 15 is 0 Å². The van der Waals surface area contributed by atoms with Crippen LogP contribution in [0.25, 0.3) is 87.0 Å². The topological polar surface area (TPSA) is 38.7 Å². The van der Waals surface area contributed by atoms with Crippen molar-refractivity contribution in [3.63, 3.8) is 0 Å². The van der Waals surface area contributed by atoms with E-state index in [0.717, 1.165) is 16.7 Å². The first-order valence-corrected chi connectivity index (χ1v) is 17.2. The number of rotatable bonds is 3. The summed E-state index contributed by atoms with van der Waals surface area (Å²) in [7, 11) is 0. The van der Waals surface area contributed by atoms with Gasteiger partial charge in [-0.3, -0.25) is 0 Å². The molecule has 7 aromatic carbocycles. The molecular weight excluding hydrogens is 603 g/mol. The van der Waals surface area contributed by atoms with Gasteiger partial charge in [-0.15, -0.1) is 11.3 Å². The third-order valence-electron chi connectivity index (χ3n) is 10.1. The molecule has 0 amide bonds. The average molecular weight is 632 g/mol. The number of thiophene rings is 1. The standard InChI is InChI=1S/C44H29N3S/c1-44(2)36-15-9-8-14-32(36)33-21-19-29(24-37(33)44)42-45-41(28-11-4-3-5-12-28)46-43(47-42)30-20-22-34-35-23-18-27-17-16-26-10-6-7-13-31(26)39(27)40(35)48-38(34)25-30/h3-25H,1-2H3. The maximum absolute atomic E-state index is 5.16. The number of hydrogen-bond acceptors (Lipinski definition) is 4. The molecule has 0 spiro atoms. The van der Waals surface area contributed by atoms with Crippen molar-refractivity contribution >= 4 is 53.1 Å². The van der Waals surface area contributed by atoms with Crippen LogP contribution in [0.1, 0.15) is 25.0 Å². The largest absolute Gasteiger partial charge is 0.208 e. The zero-order chi connectivity index (χ0) is 32.0. The molecule has 2 aromatic heterocycles. The maximum Gasteiger partial charge on any atom is 0.164 e. The van der Waals surface area contributed by atoms with Gasteiger partial charge in [-0.25, -0.2) is 15.0 Å². The Labute approximate surface area is 282 Å². The van der Waals surface area contributed by atoms with Crippen molar-refractivity contribution in [3.05, 3.63) is 151 Å². The second-order valence-electron chi connectivity index (χ2n) is 13.2. The molecule has 0 saturated carbocycles. The highest BCUT2D eigenvalue weighted by Gasteiger charge is 2.35. The summed E-state index contributed by atoms with van der Waals surface area (Å²) < 4.78 is 2.54. The zero-order valence-corrected chi connectivity index (χ0v) is 27.3. The highest BCUT2D eigenvalue weighted by atomic mass is 32.1. The minimum atomic E-state index is -0.109. The van der Waals surface area contributed by atoms with Gasteiger partial charge in [-0.05, 0) is 50.5 Å². The molecule has 0 bridgehead atoms. The van der Waals surface area contributed by atoms with Crippen molar-refractivity contribution in [1.82, 2.24) is 15.0 Å². The van der Waals surface area contributed by atoms with Gasteiger partial charge in [0.05, 0.1) is 0 Å². The minimum Gasteiger partial charge on any atom is -0.208 e. The summed E-state index contributed by atoms with van der Waals surface area (Å²) >= 11 is 1.85. The highest BCUT2D eigenvalue weighted by Crippen LogP contribution is 2.49. The lowest BCUT2D eigenvalue weighted by Gasteiger charge is -2.21. The summed E-state index contributed by atoms with van der Waals surface area (Å²) in [6.07, 6.45) is 0. The van der Waals surface area contributed by atoms with Gasteiger partial charge in [0.15, 0.2) is 17.5 Å². The van der Waals surface area contributed by atoms with E-state index < -0.39 is 0 Å². The molecule has 2 heterocycles. The Morgan fingerprint density at radius 1 is 0.458 bits per heavy atom. The van der Waals surface area contributed by atoms with E-state index in [2.05, 4.69) is 135 Å². The molecule has 226 valence electrons. The molecule has 0 unspecified atom stereocenters. The van der Waals surface area contributed by atoms with Crippen molar-refractivity contribution in [3.8, 4) is 45.3 Å². The van der Waals surface area contributed by atoms with E-state index in [9.17, 15) is 0 Å². The molecular formula is C44H29N3S. The summed E-state index contributed by atoms with van der Waals surface area (Å²) in [5.74, 6) is 2.03. The Morgan fingerprint density at radius 3 is 1.94 bits per heavy atom. The van der Waals surface area contributed by atoms with Gasteiger partial charge in [0, 0.05) is 47.7 Å². The van der Waals surface area contributed by atoms with Crippen LogP contribution in [0.5, 0.6) is 0 Å². The second-order valence-corrected chi connectivity index (χ2v) is 14.3. The van der Waals surface area contributed by atoms with Gasteiger partial charge in [0.2, 0.25) is 0 Å². The number of benzene rings is 7. The molecule has 3 nitrogen and oxygen atoms in total. The van der Waals surface area contributed by atoms with Gasteiger partial charge in [0.25, 0.3) is 0 Å². The van der Waals surface area contributed by atoms with Crippen LogP contribution in [0.3, 0.4) is 0 Å². The molecule has 0 N–H and O–H groups in total. The van der Waals surface area contributed by atoms with Gasteiger partial charge >= 0.3 is 0 Å². The summed E-state index contributed by atoms with van der Waals surface area (Å²) in [5, 5.41) is 7.69. The monoisotopic (exact) mass is 631 g/mol. The van der Waals surface area contributed by atoms with Crippen LogP contribution < -0.4 is 0 Å². The predicted molar refractivity (Wildman–Crippen MR) is 202 cm³/mol. The second kappa shape index (κ2) is 10.1. The predicted octanol–water partition coefficient (Wildman–Crippen LogP) is 11.9. The van der Waals surface area contributed by atoms with Crippen LogP contribution in [0.2, 0.25) is 0 Å². The van der Waals surface area contributed by atoms with Crippen LogP contribution >= 0.6 is 11.3 Å². The third kappa shape index (κ3) is 4.03. The first-order chi connectivity index (χ1) is 23.5. The first-order valence-electron chi connectivity index (χ1n) is 16.4. The zero-order valence-electron chi connectivity index (χ0n) is 26.5. The van der Waals surface area contributed by atoms with Crippen molar-refractivity contribution in [2.45, 2.75) is 19.3 Å². The summed E-state index contributed by atoms with van der Waals surface area (Å²) in [5.41, 5.74) is 8.09. The smallest absolute Gasteiger partial charge is 0.164 e. The van der Waals surface area contributed by atoms with E-state index in [4.69, 9.17) is 15.0 Å². The molecule has 0 radical (unpaired) electrons. The molecule has 0 saturated heterocycles. The summed E-state index contributed by atoms with van der Waals surface area (Å²) in [6.45, 7) is 4.61. The number of nitrogens with zero attached hydrogens (tertiary/aromatic N) is 3. The van der Waals surface area contributed by atoms with E-state index in [1.807, 2.05) is 29.5 Å². The van der Waals surface area contributed by atoms with E-state index in [1.54, 1.807) is 0 Å². The lowest BCUT2D eigenvalue weighted by molar-refractivity contribution is 0.660. The molecule has 1 aliphatic rings. The van der Waals surface area contributed by atoms with Gasteiger partial charge in [-0.2, -0.15) is 0 Å². The fraction of sp³-hybridized carbons (Fsp3) is 0.0682. The van der Waals surface area contributed by atoms with E-state index in [1.165, 1.54) is 64.0 Å². The Bertz CT molecular complexity index is 2760. The highest BCUT2D eigenvalue weighted by molar-refractivity contribution is 7.26. The Kier molecular flexibility index (Phi) is 5.79. The quantitative estimate of drug-likeness (QED) is 0.182. The molecule has 1 aliphatic carbocycles. The minimum absolute atomic E-state index is 0.109. The fourth-order valence-corrected chi connectivity index (χ4v) is 8.97. The Hall–Kier alpha value is -5.71. The fourth-order valence-electron chi connectivity index (χ4n) is 7.65. The Balaban J connectivity index is 1.16. The molecule has 10 rings (SSSR count).